The van der Waals surface area contributed by atoms with Crippen LogP contribution in [0.1, 0.15) is 25.7 Å². The maximum Gasteiger partial charge on any atom is 0.409 e. The fraction of sp³-hybridized carbons (Fsp3) is 0.889. The number of carbonyl (C=O) groups is 1. The van der Waals surface area contributed by atoms with E-state index >= 15 is 0 Å². The number of carbonyl (C=O) groups excluding carboxylic acids is 1. The van der Waals surface area contributed by atoms with Gasteiger partial charge in [0.25, 0.3) is 0 Å². The summed E-state index contributed by atoms with van der Waals surface area (Å²) < 4.78 is 8.52. The van der Waals surface area contributed by atoms with Gasteiger partial charge in [0, 0.05) is 43.0 Å². The lowest BCUT2D eigenvalue weighted by molar-refractivity contribution is 0.0525. The van der Waals surface area contributed by atoms with Gasteiger partial charge in [-0.05, 0) is 25.7 Å². The molecular formula is C9H17IN2O2. The Morgan fingerprint density at radius 1 is 1.36 bits per heavy atom. The van der Waals surface area contributed by atoms with Crippen molar-refractivity contribution < 1.29 is 9.53 Å². The molecular weight excluding hydrogens is 295 g/mol. The Hall–Kier alpha value is -0.0400. The summed E-state index contributed by atoms with van der Waals surface area (Å²) in [7, 11) is 3.42. The molecule has 5 heteroatoms. The van der Waals surface area contributed by atoms with Crippen LogP contribution in [0.15, 0.2) is 0 Å². The molecule has 0 spiro atoms. The molecule has 0 bridgehead atoms. The number of rotatable bonds is 2. The lowest BCUT2D eigenvalue weighted by Crippen LogP contribution is -2.34. The lowest BCUT2D eigenvalue weighted by atomic mass is 9.94. The van der Waals surface area contributed by atoms with Gasteiger partial charge in [0.05, 0.1) is 0 Å². The SMILES string of the molecule is CN(C)C(=O)O[C@H]1CC[C@H](NI)CC1. The van der Waals surface area contributed by atoms with Crippen LogP contribution in [0.25, 0.3) is 0 Å². The van der Waals surface area contributed by atoms with Crippen LogP contribution in [0.3, 0.4) is 0 Å². The van der Waals surface area contributed by atoms with Gasteiger partial charge in [-0.15, -0.1) is 0 Å². The number of halogens is 1. The second-order valence-electron chi connectivity index (χ2n) is 3.86. The molecule has 1 N–H and O–H groups in total. The van der Waals surface area contributed by atoms with Crippen LogP contribution < -0.4 is 3.53 Å². The molecule has 0 aromatic heterocycles. The van der Waals surface area contributed by atoms with Gasteiger partial charge in [-0.25, -0.2) is 4.79 Å². The molecule has 0 aliphatic heterocycles. The Balaban J connectivity index is 2.25. The van der Waals surface area contributed by atoms with Crippen molar-refractivity contribution in [2.45, 2.75) is 37.8 Å². The molecule has 0 atom stereocenters. The third kappa shape index (κ3) is 3.61. The van der Waals surface area contributed by atoms with Gasteiger partial charge < -0.3 is 9.64 Å². The molecule has 1 aliphatic rings. The van der Waals surface area contributed by atoms with E-state index < -0.39 is 0 Å². The minimum Gasteiger partial charge on any atom is -0.446 e. The molecule has 0 aromatic carbocycles. The molecule has 1 fully saturated rings. The molecule has 0 heterocycles. The van der Waals surface area contributed by atoms with Gasteiger partial charge in [0.15, 0.2) is 0 Å². The Labute approximate surface area is 98.9 Å². The molecule has 14 heavy (non-hydrogen) atoms. The minimum atomic E-state index is -0.226. The maximum atomic E-state index is 11.2. The first-order chi connectivity index (χ1) is 6.63. The number of hydrogen-bond acceptors (Lipinski definition) is 3. The van der Waals surface area contributed by atoms with E-state index in [4.69, 9.17) is 4.74 Å². The van der Waals surface area contributed by atoms with Crippen molar-refractivity contribution in [1.29, 1.82) is 0 Å². The summed E-state index contributed by atoms with van der Waals surface area (Å²) in [5.74, 6) is 0. The average Bonchev–Trinajstić information content (AvgIpc) is 2.19. The minimum absolute atomic E-state index is 0.117. The normalized spacial score (nSPS) is 27.1. The number of nitrogens with one attached hydrogen (secondary N) is 1. The van der Waals surface area contributed by atoms with E-state index in [1.54, 1.807) is 14.1 Å². The van der Waals surface area contributed by atoms with Crippen molar-refractivity contribution >= 4 is 29.0 Å². The lowest BCUT2D eigenvalue weighted by Gasteiger charge is -2.28. The van der Waals surface area contributed by atoms with Gasteiger partial charge in [0.1, 0.15) is 6.10 Å². The van der Waals surface area contributed by atoms with Crippen molar-refractivity contribution in [2.75, 3.05) is 14.1 Å². The van der Waals surface area contributed by atoms with Gasteiger partial charge >= 0.3 is 6.09 Å². The number of nitrogens with zero attached hydrogens (tertiary/aromatic N) is 1. The van der Waals surface area contributed by atoms with Gasteiger partial charge in [-0.1, -0.05) is 0 Å². The number of hydrogen-bond donors (Lipinski definition) is 1. The molecule has 0 radical (unpaired) electrons. The Bertz CT molecular complexity index is 191. The monoisotopic (exact) mass is 312 g/mol. The Morgan fingerprint density at radius 3 is 2.36 bits per heavy atom. The number of amides is 1. The summed E-state index contributed by atoms with van der Waals surface area (Å²) in [6.45, 7) is 0. The molecule has 0 aromatic rings. The zero-order valence-electron chi connectivity index (χ0n) is 8.62. The number of ether oxygens (including phenoxy) is 1. The average molecular weight is 312 g/mol. The molecule has 1 rings (SSSR count). The molecule has 0 unspecified atom stereocenters. The first kappa shape index (κ1) is 12.0. The van der Waals surface area contributed by atoms with Crippen molar-refractivity contribution in [1.82, 2.24) is 8.43 Å². The zero-order chi connectivity index (χ0) is 10.6. The van der Waals surface area contributed by atoms with E-state index in [1.807, 2.05) is 0 Å². The highest BCUT2D eigenvalue weighted by Gasteiger charge is 2.23. The van der Waals surface area contributed by atoms with Crippen LogP contribution in [0.2, 0.25) is 0 Å². The van der Waals surface area contributed by atoms with Crippen LogP contribution in [0.4, 0.5) is 4.79 Å². The van der Waals surface area contributed by atoms with E-state index in [1.165, 1.54) is 4.90 Å². The van der Waals surface area contributed by atoms with E-state index in [0.717, 1.165) is 25.7 Å². The molecule has 1 amide bonds. The van der Waals surface area contributed by atoms with Gasteiger partial charge in [-0.2, -0.15) is 0 Å². The molecule has 1 aliphatic carbocycles. The summed E-state index contributed by atoms with van der Waals surface area (Å²) in [6, 6.07) is 0.588. The maximum absolute atomic E-state index is 11.2. The highest BCUT2D eigenvalue weighted by atomic mass is 127. The summed E-state index contributed by atoms with van der Waals surface area (Å²) >= 11 is 2.18. The molecule has 82 valence electrons. The van der Waals surface area contributed by atoms with Crippen molar-refractivity contribution in [3.8, 4) is 0 Å². The van der Waals surface area contributed by atoms with Crippen LogP contribution >= 0.6 is 22.9 Å². The molecule has 4 nitrogen and oxygen atoms in total. The highest BCUT2D eigenvalue weighted by molar-refractivity contribution is 14.1. The predicted octanol–water partition coefficient (Wildman–Crippen LogP) is 1.94. The topological polar surface area (TPSA) is 41.6 Å². The van der Waals surface area contributed by atoms with Crippen LogP contribution in [-0.2, 0) is 4.74 Å². The summed E-state index contributed by atoms with van der Waals surface area (Å²) in [4.78, 5) is 12.7. The first-order valence-electron chi connectivity index (χ1n) is 4.87. The van der Waals surface area contributed by atoms with Crippen molar-refractivity contribution in [2.24, 2.45) is 0 Å². The van der Waals surface area contributed by atoms with Crippen molar-refractivity contribution in [3.63, 3.8) is 0 Å². The second-order valence-corrected chi connectivity index (χ2v) is 4.48. The molecule has 0 saturated heterocycles. The first-order valence-corrected chi connectivity index (χ1v) is 5.95. The standard InChI is InChI=1S/C9H17IN2O2/c1-12(2)9(13)14-8-5-3-7(11-10)4-6-8/h7-8,11H,3-6H2,1-2H3/t7-,8-. The highest BCUT2D eigenvalue weighted by Crippen LogP contribution is 2.22. The van der Waals surface area contributed by atoms with E-state index in [-0.39, 0.29) is 12.2 Å². The van der Waals surface area contributed by atoms with Gasteiger partial charge in [0.2, 0.25) is 0 Å². The third-order valence-corrected chi connectivity index (χ3v) is 3.34. The summed E-state index contributed by atoms with van der Waals surface area (Å²) in [5.41, 5.74) is 0. The van der Waals surface area contributed by atoms with E-state index in [9.17, 15) is 4.79 Å². The van der Waals surface area contributed by atoms with Crippen LogP contribution in [0.5, 0.6) is 0 Å². The fourth-order valence-electron chi connectivity index (χ4n) is 1.54. The molecule has 1 saturated carbocycles. The smallest absolute Gasteiger partial charge is 0.409 e. The summed E-state index contributed by atoms with van der Waals surface area (Å²) in [5, 5.41) is 0. The van der Waals surface area contributed by atoms with Crippen LogP contribution in [0, 0.1) is 0 Å². The Morgan fingerprint density at radius 2 is 1.93 bits per heavy atom. The van der Waals surface area contributed by atoms with Crippen LogP contribution in [-0.4, -0.2) is 37.2 Å². The Kier molecular flexibility index (Phi) is 4.94. The second kappa shape index (κ2) is 5.75. The third-order valence-electron chi connectivity index (χ3n) is 2.46. The summed E-state index contributed by atoms with van der Waals surface area (Å²) in [6.07, 6.45) is 4.02. The quantitative estimate of drug-likeness (QED) is 0.626. The largest absolute Gasteiger partial charge is 0.446 e. The van der Waals surface area contributed by atoms with Crippen molar-refractivity contribution in [3.05, 3.63) is 0 Å². The zero-order valence-corrected chi connectivity index (χ0v) is 10.8. The fourth-order valence-corrected chi connectivity index (χ4v) is 2.16. The predicted molar refractivity (Wildman–Crippen MR) is 63.4 cm³/mol. The van der Waals surface area contributed by atoms with Gasteiger partial charge in [-0.3, -0.25) is 3.53 Å². The van der Waals surface area contributed by atoms with E-state index in [0.29, 0.717) is 6.04 Å². The van der Waals surface area contributed by atoms with E-state index in [2.05, 4.69) is 26.4 Å².